The van der Waals surface area contributed by atoms with Gasteiger partial charge >= 0.3 is 0 Å². The van der Waals surface area contributed by atoms with Crippen molar-refractivity contribution in [2.24, 2.45) is 0 Å². The molecule has 0 aliphatic rings. The summed E-state index contributed by atoms with van der Waals surface area (Å²) in [6, 6.07) is 13.7. The second-order valence-corrected chi connectivity index (χ2v) is 4.46. The Labute approximate surface area is 113 Å². The molecule has 0 radical (unpaired) electrons. The summed E-state index contributed by atoms with van der Waals surface area (Å²) in [5.41, 5.74) is 3.71. The molecule has 0 fully saturated rings. The van der Waals surface area contributed by atoms with Crippen molar-refractivity contribution in [1.29, 1.82) is 0 Å². The number of benzene rings is 1. The van der Waals surface area contributed by atoms with Crippen molar-refractivity contribution in [1.82, 2.24) is 4.98 Å². The summed E-state index contributed by atoms with van der Waals surface area (Å²) >= 11 is 0. The molecule has 0 amide bonds. The molecule has 1 aromatic heterocycles. The summed E-state index contributed by atoms with van der Waals surface area (Å²) in [4.78, 5) is 17.8. The molecule has 0 aliphatic carbocycles. The molecule has 1 aromatic carbocycles. The van der Waals surface area contributed by atoms with Gasteiger partial charge in [-0.2, -0.15) is 0 Å². The zero-order valence-electron chi connectivity index (χ0n) is 11.3. The van der Waals surface area contributed by atoms with E-state index in [1.165, 1.54) is 0 Å². The van der Waals surface area contributed by atoms with Crippen molar-refractivity contribution in [3.63, 3.8) is 0 Å². The van der Waals surface area contributed by atoms with Gasteiger partial charge in [0.1, 0.15) is 0 Å². The van der Waals surface area contributed by atoms with Crippen molar-refractivity contribution in [3.8, 4) is 0 Å². The number of pyridine rings is 1. The predicted octanol–water partition coefficient (Wildman–Crippen LogP) is 3.23. The Kier molecular flexibility index (Phi) is 4.29. The molecule has 0 spiro atoms. The Morgan fingerprint density at radius 1 is 1.16 bits per heavy atom. The number of nitrogens with zero attached hydrogens (tertiary/aromatic N) is 2. The highest BCUT2D eigenvalue weighted by molar-refractivity contribution is 5.84. The zero-order chi connectivity index (χ0) is 13.7. The minimum Gasteiger partial charge on any atom is -0.365 e. The first-order valence-corrected chi connectivity index (χ1v) is 6.46. The molecule has 0 aliphatic heterocycles. The van der Waals surface area contributed by atoms with E-state index in [-0.39, 0.29) is 0 Å². The second-order valence-electron chi connectivity index (χ2n) is 4.46. The highest BCUT2D eigenvalue weighted by Crippen LogP contribution is 2.20. The monoisotopic (exact) mass is 254 g/mol. The first kappa shape index (κ1) is 13.3. The van der Waals surface area contributed by atoms with Crippen LogP contribution in [0.25, 0.3) is 0 Å². The summed E-state index contributed by atoms with van der Waals surface area (Å²) in [7, 11) is 0. The molecule has 0 saturated heterocycles. The van der Waals surface area contributed by atoms with Crippen molar-refractivity contribution in [2.75, 3.05) is 11.4 Å². The third-order valence-corrected chi connectivity index (χ3v) is 3.08. The lowest BCUT2D eigenvalue weighted by Gasteiger charge is -2.24. The number of aromatic nitrogens is 1. The van der Waals surface area contributed by atoms with Gasteiger partial charge in [-0.1, -0.05) is 18.2 Å². The first-order chi connectivity index (χ1) is 9.24. The Morgan fingerprint density at radius 3 is 2.63 bits per heavy atom. The number of hydrogen-bond acceptors (Lipinski definition) is 3. The molecule has 3 heteroatoms. The average Bonchev–Trinajstić information content (AvgIpc) is 2.45. The normalized spacial score (nSPS) is 10.2. The lowest BCUT2D eigenvalue weighted by molar-refractivity contribution is 0.112. The van der Waals surface area contributed by atoms with Crippen LogP contribution in [0.15, 0.2) is 42.5 Å². The van der Waals surface area contributed by atoms with E-state index in [0.29, 0.717) is 6.54 Å². The van der Waals surface area contributed by atoms with Crippen LogP contribution in [0, 0.1) is 6.92 Å². The smallest absolute Gasteiger partial charge is 0.152 e. The van der Waals surface area contributed by atoms with Crippen LogP contribution in [0.3, 0.4) is 0 Å². The van der Waals surface area contributed by atoms with Crippen molar-refractivity contribution < 1.29 is 4.79 Å². The van der Waals surface area contributed by atoms with Crippen LogP contribution in [0.5, 0.6) is 0 Å². The number of aldehydes is 1. The molecule has 1 heterocycles. The second kappa shape index (κ2) is 6.14. The van der Waals surface area contributed by atoms with E-state index in [9.17, 15) is 4.79 Å². The van der Waals surface area contributed by atoms with Crippen LogP contribution in [0.2, 0.25) is 0 Å². The van der Waals surface area contributed by atoms with Gasteiger partial charge in [0.25, 0.3) is 0 Å². The van der Waals surface area contributed by atoms with Gasteiger partial charge < -0.3 is 4.90 Å². The molecule has 0 unspecified atom stereocenters. The summed E-state index contributed by atoms with van der Waals surface area (Å²) in [6.07, 6.45) is 0.904. The third-order valence-electron chi connectivity index (χ3n) is 3.08. The van der Waals surface area contributed by atoms with Gasteiger partial charge in [-0.15, -0.1) is 0 Å². The molecule has 0 bridgehead atoms. The molecule has 0 atom stereocenters. The number of carbonyl (C=O) groups excluding carboxylic acids is 1. The number of aryl methyl sites for hydroxylation is 1. The standard InChI is InChI=1S/C16H18N2O/c1-3-18(11-15-9-6-7-13(2)17-15)16-10-5-4-8-14(16)12-19/h4-10,12H,3,11H2,1-2H3. The Balaban J connectivity index is 2.27. The lowest BCUT2D eigenvalue weighted by atomic mass is 10.1. The third kappa shape index (κ3) is 3.19. The summed E-state index contributed by atoms with van der Waals surface area (Å²) < 4.78 is 0. The molecule has 0 saturated carbocycles. The van der Waals surface area contributed by atoms with E-state index in [0.717, 1.165) is 35.5 Å². The van der Waals surface area contributed by atoms with Gasteiger partial charge in [0.2, 0.25) is 0 Å². The minimum absolute atomic E-state index is 0.711. The highest BCUT2D eigenvalue weighted by atomic mass is 16.1. The van der Waals surface area contributed by atoms with E-state index >= 15 is 0 Å². The van der Waals surface area contributed by atoms with E-state index < -0.39 is 0 Å². The number of para-hydroxylation sites is 1. The van der Waals surface area contributed by atoms with Crippen LogP contribution in [-0.4, -0.2) is 17.8 Å². The van der Waals surface area contributed by atoms with Crippen molar-refractivity contribution in [2.45, 2.75) is 20.4 Å². The van der Waals surface area contributed by atoms with Crippen LogP contribution in [-0.2, 0) is 6.54 Å². The van der Waals surface area contributed by atoms with Crippen molar-refractivity contribution >= 4 is 12.0 Å². The van der Waals surface area contributed by atoms with E-state index in [2.05, 4.69) is 16.8 Å². The quantitative estimate of drug-likeness (QED) is 0.768. The molecular formula is C16H18N2O. The topological polar surface area (TPSA) is 33.2 Å². The first-order valence-electron chi connectivity index (χ1n) is 6.46. The van der Waals surface area contributed by atoms with Gasteiger partial charge in [0, 0.05) is 23.5 Å². The molecule has 19 heavy (non-hydrogen) atoms. The van der Waals surface area contributed by atoms with Gasteiger partial charge in [-0.25, -0.2) is 0 Å². The van der Waals surface area contributed by atoms with E-state index in [1.807, 2.05) is 49.4 Å². The lowest BCUT2D eigenvalue weighted by Crippen LogP contribution is -2.23. The van der Waals surface area contributed by atoms with Crippen molar-refractivity contribution in [3.05, 3.63) is 59.4 Å². The molecule has 3 nitrogen and oxygen atoms in total. The molecule has 98 valence electrons. The maximum atomic E-state index is 11.1. The van der Waals surface area contributed by atoms with Gasteiger partial charge in [-0.3, -0.25) is 9.78 Å². The molecule has 0 N–H and O–H groups in total. The van der Waals surface area contributed by atoms with Crippen LogP contribution >= 0.6 is 0 Å². The summed E-state index contributed by atoms with van der Waals surface area (Å²) in [6.45, 7) is 5.61. The minimum atomic E-state index is 0.711. The van der Waals surface area contributed by atoms with Crippen LogP contribution < -0.4 is 4.90 Å². The number of hydrogen-bond donors (Lipinski definition) is 0. The molecular weight excluding hydrogens is 236 g/mol. The summed E-state index contributed by atoms with van der Waals surface area (Å²) in [5.74, 6) is 0. The maximum Gasteiger partial charge on any atom is 0.152 e. The fourth-order valence-electron chi connectivity index (χ4n) is 2.13. The number of anilines is 1. The van der Waals surface area contributed by atoms with E-state index in [1.54, 1.807) is 0 Å². The van der Waals surface area contributed by atoms with E-state index in [4.69, 9.17) is 0 Å². The molecule has 2 aromatic rings. The average molecular weight is 254 g/mol. The van der Waals surface area contributed by atoms with Gasteiger partial charge in [0.05, 0.1) is 12.2 Å². The predicted molar refractivity (Wildman–Crippen MR) is 77.5 cm³/mol. The SMILES string of the molecule is CCN(Cc1cccc(C)n1)c1ccccc1C=O. The Morgan fingerprint density at radius 2 is 1.95 bits per heavy atom. The van der Waals surface area contributed by atoms with Crippen LogP contribution in [0.4, 0.5) is 5.69 Å². The maximum absolute atomic E-state index is 11.1. The Hall–Kier alpha value is -2.16. The van der Waals surface area contributed by atoms with Gasteiger partial charge in [-0.05, 0) is 38.1 Å². The molecule has 2 rings (SSSR count). The Bertz CT molecular complexity index is 566. The number of rotatable bonds is 5. The fourth-order valence-corrected chi connectivity index (χ4v) is 2.13. The number of carbonyl (C=O) groups is 1. The fraction of sp³-hybridized carbons (Fsp3) is 0.250. The largest absolute Gasteiger partial charge is 0.365 e. The van der Waals surface area contributed by atoms with Gasteiger partial charge in [0.15, 0.2) is 6.29 Å². The highest BCUT2D eigenvalue weighted by Gasteiger charge is 2.10. The summed E-state index contributed by atoms with van der Waals surface area (Å²) in [5, 5.41) is 0. The van der Waals surface area contributed by atoms with Crippen LogP contribution in [0.1, 0.15) is 28.7 Å². The zero-order valence-corrected chi connectivity index (χ0v) is 11.3.